The van der Waals surface area contributed by atoms with Gasteiger partial charge in [-0.05, 0) is 29.2 Å². The Morgan fingerprint density at radius 2 is 1.96 bits per heavy atom. The van der Waals surface area contributed by atoms with E-state index in [0.717, 1.165) is 16.3 Å². The summed E-state index contributed by atoms with van der Waals surface area (Å²) in [6, 6.07) is 15.9. The zero-order valence-electron chi connectivity index (χ0n) is 14.4. The molecule has 2 N–H and O–H groups in total. The van der Waals surface area contributed by atoms with Crippen molar-refractivity contribution < 1.29 is 9.52 Å². The van der Waals surface area contributed by atoms with Crippen LogP contribution in [0.15, 0.2) is 46.9 Å². The van der Waals surface area contributed by atoms with Gasteiger partial charge in [0.25, 0.3) is 0 Å². The molecule has 5 heteroatoms. The number of hydrogen-bond donors (Lipinski definition) is 2. The normalized spacial score (nSPS) is 12.3. The van der Waals surface area contributed by atoms with Gasteiger partial charge in [0.05, 0.1) is 6.10 Å². The van der Waals surface area contributed by atoms with E-state index in [4.69, 9.17) is 4.42 Å². The number of oxazole rings is 1. The molecule has 0 aliphatic rings. The summed E-state index contributed by atoms with van der Waals surface area (Å²) in [4.78, 5) is 4.32. The minimum Gasteiger partial charge on any atom is -0.419 e. The first-order valence-electron chi connectivity index (χ1n) is 8.39. The van der Waals surface area contributed by atoms with Gasteiger partial charge in [-0.15, -0.1) is 0 Å². The molecule has 0 saturated carbocycles. The lowest BCUT2D eigenvalue weighted by atomic mass is 10.0. The van der Waals surface area contributed by atoms with Gasteiger partial charge < -0.3 is 14.8 Å². The van der Waals surface area contributed by atoms with Gasteiger partial charge in [0.1, 0.15) is 6.07 Å². The van der Waals surface area contributed by atoms with Gasteiger partial charge in [0, 0.05) is 12.1 Å². The van der Waals surface area contributed by atoms with Crippen LogP contribution in [0.4, 0.5) is 5.88 Å². The first kappa shape index (κ1) is 17.0. The van der Waals surface area contributed by atoms with Crippen molar-refractivity contribution in [3.63, 3.8) is 0 Å². The summed E-state index contributed by atoms with van der Waals surface area (Å²) in [5.74, 6) is 1.09. The fourth-order valence-electron chi connectivity index (χ4n) is 2.88. The van der Waals surface area contributed by atoms with E-state index in [1.807, 2.05) is 48.5 Å². The molecular weight excluding hydrogens is 314 g/mol. The second-order valence-electron chi connectivity index (χ2n) is 6.50. The van der Waals surface area contributed by atoms with Gasteiger partial charge in [0.2, 0.25) is 17.5 Å². The summed E-state index contributed by atoms with van der Waals surface area (Å²) in [6.07, 6.45) is 0.178. The fourth-order valence-corrected chi connectivity index (χ4v) is 2.88. The van der Waals surface area contributed by atoms with Crippen molar-refractivity contribution in [2.75, 3.05) is 11.9 Å². The number of benzene rings is 2. The van der Waals surface area contributed by atoms with Gasteiger partial charge in [-0.3, -0.25) is 0 Å². The number of aliphatic hydroxyl groups is 1. The van der Waals surface area contributed by atoms with Crippen molar-refractivity contribution in [1.82, 2.24) is 4.98 Å². The molecule has 1 aromatic heterocycles. The van der Waals surface area contributed by atoms with Gasteiger partial charge >= 0.3 is 0 Å². The molecule has 0 fully saturated rings. The van der Waals surface area contributed by atoms with Crippen LogP contribution in [0.3, 0.4) is 0 Å². The predicted octanol–water partition coefficient (Wildman–Crippen LogP) is 4.19. The van der Waals surface area contributed by atoms with E-state index in [-0.39, 0.29) is 5.69 Å². The van der Waals surface area contributed by atoms with Crippen LogP contribution in [0, 0.1) is 17.2 Å². The molecule has 128 valence electrons. The number of nitrogens with zero attached hydrogens (tertiary/aromatic N) is 2. The number of anilines is 1. The molecule has 5 nitrogen and oxygen atoms in total. The molecule has 0 amide bonds. The maximum Gasteiger partial charge on any atom is 0.232 e. The molecule has 2 aromatic carbocycles. The van der Waals surface area contributed by atoms with E-state index in [1.165, 1.54) is 0 Å². The monoisotopic (exact) mass is 335 g/mol. The summed E-state index contributed by atoms with van der Waals surface area (Å²) in [7, 11) is 0. The van der Waals surface area contributed by atoms with Crippen molar-refractivity contribution in [3.8, 4) is 17.5 Å². The van der Waals surface area contributed by atoms with Crippen LogP contribution in [0.25, 0.3) is 22.2 Å². The smallest absolute Gasteiger partial charge is 0.232 e. The van der Waals surface area contributed by atoms with Crippen LogP contribution in [0.5, 0.6) is 0 Å². The first-order chi connectivity index (χ1) is 12.1. The summed E-state index contributed by atoms with van der Waals surface area (Å²) < 4.78 is 5.80. The lowest BCUT2D eigenvalue weighted by molar-refractivity contribution is 0.160. The van der Waals surface area contributed by atoms with E-state index in [1.54, 1.807) is 0 Å². The fraction of sp³-hybridized carbons (Fsp3) is 0.300. The van der Waals surface area contributed by atoms with E-state index >= 15 is 0 Å². The molecule has 0 spiro atoms. The highest BCUT2D eigenvalue weighted by atomic mass is 16.4. The Kier molecular flexibility index (Phi) is 5.01. The van der Waals surface area contributed by atoms with Gasteiger partial charge in [-0.1, -0.05) is 50.2 Å². The van der Waals surface area contributed by atoms with E-state index in [9.17, 15) is 10.4 Å². The third kappa shape index (κ3) is 3.81. The van der Waals surface area contributed by atoms with Gasteiger partial charge in [-0.2, -0.15) is 10.2 Å². The highest BCUT2D eigenvalue weighted by Crippen LogP contribution is 2.31. The Hall–Kier alpha value is -2.84. The molecule has 1 atom stereocenters. The second kappa shape index (κ2) is 7.37. The highest BCUT2D eigenvalue weighted by molar-refractivity contribution is 5.94. The molecule has 3 aromatic rings. The average Bonchev–Trinajstić information content (AvgIpc) is 3.02. The van der Waals surface area contributed by atoms with Crippen molar-refractivity contribution in [3.05, 3.63) is 48.2 Å². The lowest BCUT2D eigenvalue weighted by Gasteiger charge is -2.13. The quantitative estimate of drug-likeness (QED) is 0.706. The second-order valence-corrected chi connectivity index (χ2v) is 6.50. The summed E-state index contributed by atoms with van der Waals surface area (Å²) in [5, 5.41) is 24.4. The zero-order chi connectivity index (χ0) is 17.8. The maximum absolute atomic E-state index is 10.0. The van der Waals surface area contributed by atoms with Gasteiger partial charge in [0.15, 0.2) is 0 Å². The average molecular weight is 335 g/mol. The Balaban J connectivity index is 1.89. The Bertz CT molecular complexity index is 903. The third-order valence-electron chi connectivity index (χ3n) is 3.99. The summed E-state index contributed by atoms with van der Waals surface area (Å²) >= 11 is 0. The molecule has 25 heavy (non-hydrogen) atoms. The van der Waals surface area contributed by atoms with Crippen LogP contribution < -0.4 is 5.32 Å². The molecule has 3 rings (SSSR count). The number of hydrogen-bond acceptors (Lipinski definition) is 5. The largest absolute Gasteiger partial charge is 0.419 e. The Morgan fingerprint density at radius 3 is 2.72 bits per heavy atom. The van der Waals surface area contributed by atoms with Crippen molar-refractivity contribution in [2.24, 2.45) is 5.92 Å². The summed E-state index contributed by atoms with van der Waals surface area (Å²) in [6.45, 7) is 4.42. The third-order valence-corrected chi connectivity index (χ3v) is 3.99. The predicted molar refractivity (Wildman–Crippen MR) is 98.1 cm³/mol. The molecule has 0 saturated heterocycles. The van der Waals surface area contributed by atoms with E-state index < -0.39 is 6.10 Å². The van der Waals surface area contributed by atoms with Gasteiger partial charge in [-0.25, -0.2) is 0 Å². The van der Waals surface area contributed by atoms with Crippen LogP contribution in [-0.2, 0) is 0 Å². The van der Waals surface area contributed by atoms with Crippen molar-refractivity contribution >= 4 is 16.7 Å². The topological polar surface area (TPSA) is 82.1 Å². The maximum atomic E-state index is 10.0. The molecule has 1 heterocycles. The van der Waals surface area contributed by atoms with Crippen LogP contribution >= 0.6 is 0 Å². The minimum absolute atomic E-state index is 0.194. The molecule has 0 bridgehead atoms. The standard InChI is InChI=1S/C20H21N3O2/c1-13(2)10-15(24)12-22-20-18(11-21)23-19(25-20)17-9-5-7-14-6-3-4-8-16(14)17/h3-9,13,15,22,24H,10,12H2,1-2H3. The number of fused-ring (bicyclic) bond motifs is 1. The number of aromatic nitrogens is 1. The van der Waals surface area contributed by atoms with Crippen LogP contribution in [0.2, 0.25) is 0 Å². The van der Waals surface area contributed by atoms with Crippen molar-refractivity contribution in [2.45, 2.75) is 26.4 Å². The Morgan fingerprint density at radius 1 is 1.20 bits per heavy atom. The number of rotatable bonds is 6. The molecule has 0 aliphatic heterocycles. The molecule has 0 radical (unpaired) electrons. The first-order valence-corrected chi connectivity index (χ1v) is 8.39. The molecule has 1 unspecified atom stereocenters. The minimum atomic E-state index is -0.502. The number of aliphatic hydroxyl groups excluding tert-OH is 1. The van der Waals surface area contributed by atoms with Crippen LogP contribution in [-0.4, -0.2) is 22.7 Å². The molecule has 0 aliphatic carbocycles. The zero-order valence-corrected chi connectivity index (χ0v) is 14.4. The van der Waals surface area contributed by atoms with Crippen LogP contribution in [0.1, 0.15) is 26.0 Å². The highest BCUT2D eigenvalue weighted by Gasteiger charge is 2.17. The van der Waals surface area contributed by atoms with E-state index in [2.05, 4.69) is 24.1 Å². The lowest BCUT2D eigenvalue weighted by Crippen LogP contribution is -2.21. The van der Waals surface area contributed by atoms with Crippen molar-refractivity contribution in [1.29, 1.82) is 5.26 Å². The Labute approximate surface area is 146 Å². The summed E-state index contributed by atoms with van der Waals surface area (Å²) in [5.41, 5.74) is 1.03. The number of nitrogens with one attached hydrogen (secondary N) is 1. The molecular formula is C20H21N3O2. The van der Waals surface area contributed by atoms with E-state index in [0.29, 0.717) is 30.7 Å². The SMILES string of the molecule is CC(C)CC(O)CNc1oc(-c2cccc3ccccc23)nc1C#N. The number of nitriles is 1.